The molecule has 0 radical (unpaired) electrons. The lowest BCUT2D eigenvalue weighted by molar-refractivity contribution is -0.242. The molecule has 0 bridgehead atoms. The average molecular weight is 373 g/mol. The first kappa shape index (κ1) is 23.5. The monoisotopic (exact) mass is 373 g/mol. The number of carbonyl (C=O) groups is 5. The van der Waals surface area contributed by atoms with Gasteiger partial charge in [0.1, 0.15) is 0 Å². The molecule has 26 heavy (non-hydrogen) atoms. The van der Waals surface area contributed by atoms with Crippen molar-refractivity contribution in [3.05, 3.63) is 10.4 Å². The number of carbonyl (C=O) groups excluding carboxylic acids is 5. The van der Waals surface area contributed by atoms with Crippen molar-refractivity contribution in [1.29, 1.82) is 0 Å². The van der Waals surface area contributed by atoms with Crippen LogP contribution in [0.1, 0.15) is 27.7 Å². The van der Waals surface area contributed by atoms with E-state index in [9.17, 15) is 44.4 Å². The molecule has 0 fully saturated rings. The number of aliphatic hydroxyl groups is 4. The topological polar surface area (TPSA) is 215 Å². The molecule has 0 rings (SSSR count). The highest BCUT2D eigenvalue weighted by Crippen LogP contribution is 2.39. The van der Waals surface area contributed by atoms with Gasteiger partial charge in [-0.2, -0.15) is 0 Å². The third-order valence-corrected chi connectivity index (χ3v) is 4.08. The van der Waals surface area contributed by atoms with E-state index in [0.717, 1.165) is 0 Å². The number of rotatable bonds is 10. The summed E-state index contributed by atoms with van der Waals surface area (Å²) in [6.45, 7) is 1.14. The molecule has 144 valence electrons. The number of hydrogen-bond donors (Lipinski definition) is 4. The van der Waals surface area contributed by atoms with Crippen molar-refractivity contribution in [1.82, 2.24) is 0 Å². The fraction of sp³-hybridized carbons (Fsp3) is 0.643. The van der Waals surface area contributed by atoms with Crippen LogP contribution < -0.4 is 0 Å². The smallest absolute Gasteiger partial charge is 0.240 e. The Bertz CT molecular complexity index is 714. The molecule has 0 aliphatic heterocycles. The molecule has 0 heterocycles. The van der Waals surface area contributed by atoms with E-state index >= 15 is 0 Å². The quantitative estimate of drug-likeness (QED) is 0.107. The summed E-state index contributed by atoms with van der Waals surface area (Å²) in [6, 6.07) is 0. The Morgan fingerprint density at radius 3 is 1.69 bits per heavy atom. The van der Waals surface area contributed by atoms with Crippen molar-refractivity contribution >= 4 is 28.9 Å². The zero-order valence-electron chi connectivity index (χ0n) is 14.5. The van der Waals surface area contributed by atoms with Gasteiger partial charge in [0.2, 0.25) is 17.0 Å². The molecule has 0 unspecified atom stereocenters. The maximum absolute atomic E-state index is 12.1. The Morgan fingerprint density at radius 2 is 1.42 bits per heavy atom. The molecule has 0 aliphatic carbocycles. The highest BCUT2D eigenvalue weighted by molar-refractivity contribution is 6.45. The van der Waals surface area contributed by atoms with Gasteiger partial charge >= 0.3 is 0 Å². The highest BCUT2D eigenvalue weighted by atomic mass is 16.4. The molecule has 0 saturated heterocycles. The van der Waals surface area contributed by atoms with Crippen LogP contribution in [0.5, 0.6) is 0 Å². The second-order valence-electron chi connectivity index (χ2n) is 5.67. The Balaban J connectivity index is 7.12. The van der Waals surface area contributed by atoms with Crippen molar-refractivity contribution in [2.45, 2.75) is 50.6 Å². The lowest BCUT2D eigenvalue weighted by atomic mass is 9.61. The Morgan fingerprint density at radius 1 is 0.962 bits per heavy atom. The lowest BCUT2D eigenvalue weighted by Crippen LogP contribution is -2.81. The molecule has 0 aromatic rings. The molecule has 4 N–H and O–H groups in total. The van der Waals surface area contributed by atoms with Gasteiger partial charge in [0.15, 0.2) is 28.7 Å². The predicted octanol–water partition coefficient (Wildman–Crippen LogP) is -2.22. The maximum atomic E-state index is 12.1. The summed E-state index contributed by atoms with van der Waals surface area (Å²) >= 11 is 0. The minimum absolute atomic E-state index is 0.509. The number of Topliss-reactive ketones (excluding diaryl/α,β-unsaturated/α-hetero) is 5. The standard InChI is InChI=1S/C14H19N3O9/c1-6(18)11(23)13(25,8(3)20)14(26,9(4)21)12(24,7(2)19)10(22)5-16-17-15/h10,22,24-26H,5H2,1-4H3/t10-,12+,13+,14+/m0/s1. The number of hydrogen-bond acceptors (Lipinski definition) is 10. The molecule has 0 amide bonds. The first-order valence-corrected chi connectivity index (χ1v) is 7.11. The van der Waals surface area contributed by atoms with Crippen molar-refractivity contribution in [2.24, 2.45) is 5.11 Å². The fourth-order valence-electron chi connectivity index (χ4n) is 2.61. The lowest BCUT2D eigenvalue weighted by Gasteiger charge is -2.48. The Kier molecular flexibility index (Phi) is 7.06. The zero-order chi connectivity index (χ0) is 21.1. The maximum Gasteiger partial charge on any atom is 0.240 e. The molecule has 0 saturated carbocycles. The van der Waals surface area contributed by atoms with E-state index in [1.54, 1.807) is 0 Å². The summed E-state index contributed by atoms with van der Waals surface area (Å²) in [6.07, 6.45) is -2.52. The predicted molar refractivity (Wildman–Crippen MR) is 82.6 cm³/mol. The minimum Gasteiger partial charge on any atom is -0.389 e. The van der Waals surface area contributed by atoms with Crippen LogP contribution in [-0.4, -0.2) is 78.8 Å². The van der Waals surface area contributed by atoms with Crippen molar-refractivity contribution in [3.63, 3.8) is 0 Å². The van der Waals surface area contributed by atoms with Crippen LogP contribution in [0.3, 0.4) is 0 Å². The summed E-state index contributed by atoms with van der Waals surface area (Å²) in [4.78, 5) is 61.9. The normalized spacial score (nSPS) is 18.9. The molecule has 0 aromatic carbocycles. The van der Waals surface area contributed by atoms with E-state index < -0.39 is 58.4 Å². The van der Waals surface area contributed by atoms with Crippen LogP contribution in [-0.2, 0) is 24.0 Å². The molecule has 12 heteroatoms. The van der Waals surface area contributed by atoms with Gasteiger partial charge in [-0.25, -0.2) is 0 Å². The molecule has 12 nitrogen and oxygen atoms in total. The fourth-order valence-corrected chi connectivity index (χ4v) is 2.61. The van der Waals surface area contributed by atoms with Crippen LogP contribution in [0.25, 0.3) is 10.4 Å². The molecule has 0 aromatic heterocycles. The van der Waals surface area contributed by atoms with Crippen LogP contribution in [0.15, 0.2) is 5.11 Å². The van der Waals surface area contributed by atoms with Gasteiger partial charge in [-0.1, -0.05) is 5.11 Å². The summed E-state index contributed by atoms with van der Waals surface area (Å²) in [7, 11) is 0. The molecule has 4 atom stereocenters. The molecular weight excluding hydrogens is 354 g/mol. The first-order chi connectivity index (χ1) is 11.7. The molecule has 0 aliphatic rings. The van der Waals surface area contributed by atoms with Crippen molar-refractivity contribution < 1.29 is 44.4 Å². The van der Waals surface area contributed by atoms with E-state index in [1.807, 2.05) is 0 Å². The molecular formula is C14H19N3O9. The van der Waals surface area contributed by atoms with E-state index in [-0.39, 0.29) is 0 Å². The summed E-state index contributed by atoms with van der Waals surface area (Å²) in [5.74, 6) is -8.34. The second-order valence-corrected chi connectivity index (χ2v) is 5.67. The van der Waals surface area contributed by atoms with E-state index in [2.05, 4.69) is 10.0 Å². The van der Waals surface area contributed by atoms with Crippen LogP contribution >= 0.6 is 0 Å². The Labute approximate surface area is 147 Å². The third-order valence-electron chi connectivity index (χ3n) is 4.08. The van der Waals surface area contributed by atoms with Gasteiger partial charge in [0, 0.05) is 11.8 Å². The number of azide groups is 1. The van der Waals surface area contributed by atoms with Gasteiger partial charge in [-0.3, -0.25) is 24.0 Å². The number of ketones is 5. The number of aliphatic hydroxyl groups excluding tert-OH is 1. The average Bonchev–Trinajstić information content (AvgIpc) is 2.55. The number of nitrogens with zero attached hydrogens (tertiary/aromatic N) is 3. The summed E-state index contributed by atoms with van der Waals surface area (Å²) in [5.41, 5.74) is -3.22. The van der Waals surface area contributed by atoms with Crippen molar-refractivity contribution in [2.75, 3.05) is 6.54 Å². The second kappa shape index (κ2) is 7.81. The van der Waals surface area contributed by atoms with Crippen LogP contribution in [0, 0.1) is 0 Å². The summed E-state index contributed by atoms with van der Waals surface area (Å²) < 4.78 is 0. The minimum atomic E-state index is -3.95. The van der Waals surface area contributed by atoms with Gasteiger partial charge in [-0.05, 0) is 26.3 Å². The van der Waals surface area contributed by atoms with Gasteiger partial charge in [0.25, 0.3) is 0 Å². The SMILES string of the molecule is CC(=O)C(=O)[C@](O)(C(C)=O)[C@@](O)(C(C)=O)[C@@](O)(C(C)=O)[C@@H](O)CN=[N+]=[N-]. The molecule has 0 spiro atoms. The van der Waals surface area contributed by atoms with Gasteiger partial charge < -0.3 is 20.4 Å². The summed E-state index contributed by atoms with van der Waals surface area (Å²) in [5, 5.41) is 44.9. The van der Waals surface area contributed by atoms with Crippen LogP contribution in [0.4, 0.5) is 0 Å². The van der Waals surface area contributed by atoms with Gasteiger partial charge in [0.05, 0.1) is 12.6 Å². The van der Waals surface area contributed by atoms with Crippen molar-refractivity contribution in [3.8, 4) is 0 Å². The van der Waals surface area contributed by atoms with E-state index in [4.69, 9.17) is 5.53 Å². The van der Waals surface area contributed by atoms with E-state index in [0.29, 0.717) is 27.7 Å². The third kappa shape index (κ3) is 3.16. The first-order valence-electron chi connectivity index (χ1n) is 7.11. The highest BCUT2D eigenvalue weighted by Gasteiger charge is 2.74. The van der Waals surface area contributed by atoms with Gasteiger partial charge in [-0.15, -0.1) is 0 Å². The zero-order valence-corrected chi connectivity index (χ0v) is 14.5. The van der Waals surface area contributed by atoms with Crippen LogP contribution in [0.2, 0.25) is 0 Å². The largest absolute Gasteiger partial charge is 0.389 e. The van der Waals surface area contributed by atoms with E-state index in [1.165, 1.54) is 0 Å². The Hall–Kier alpha value is -2.50.